The second-order valence-electron chi connectivity index (χ2n) is 5.67. The van der Waals surface area contributed by atoms with Gasteiger partial charge in [-0.15, -0.1) is 0 Å². The van der Waals surface area contributed by atoms with Crippen molar-refractivity contribution in [3.63, 3.8) is 0 Å². The highest BCUT2D eigenvalue weighted by Gasteiger charge is 2.26. The molecule has 0 bridgehead atoms. The summed E-state index contributed by atoms with van der Waals surface area (Å²) in [6.07, 6.45) is 2.11. The van der Waals surface area contributed by atoms with Crippen LogP contribution in [0.15, 0.2) is 40.8 Å². The Morgan fingerprint density at radius 3 is 2.86 bits per heavy atom. The van der Waals surface area contributed by atoms with E-state index in [4.69, 9.17) is 9.15 Å². The highest BCUT2D eigenvalue weighted by molar-refractivity contribution is 5.38. The third-order valence-corrected chi connectivity index (χ3v) is 4.16. The first-order valence-corrected chi connectivity index (χ1v) is 7.79. The Labute approximate surface area is 126 Å². The van der Waals surface area contributed by atoms with E-state index in [1.165, 1.54) is 5.56 Å². The molecule has 0 spiro atoms. The Bertz CT molecular complexity index is 590. The molecule has 2 heterocycles. The molecule has 2 aromatic rings. The van der Waals surface area contributed by atoms with Crippen LogP contribution in [0, 0.1) is 6.92 Å². The quantitative estimate of drug-likeness (QED) is 0.894. The van der Waals surface area contributed by atoms with E-state index >= 15 is 0 Å². The standard InChI is InChI=1S/C18H23NO2/c1-3-19-16(18-9-8-13(2)21-18)12-14-10-11-20-17-7-5-4-6-15(14)17/h4-9,14,16,19H,3,10-12H2,1-2H3. The second kappa shape index (κ2) is 6.35. The molecule has 3 heteroatoms. The van der Waals surface area contributed by atoms with Crippen molar-refractivity contribution in [2.75, 3.05) is 13.2 Å². The molecule has 1 aromatic heterocycles. The molecule has 1 aliphatic heterocycles. The van der Waals surface area contributed by atoms with E-state index in [-0.39, 0.29) is 6.04 Å². The average Bonchev–Trinajstić information content (AvgIpc) is 2.94. The Hall–Kier alpha value is -1.74. The third-order valence-electron chi connectivity index (χ3n) is 4.16. The number of ether oxygens (including phenoxy) is 1. The van der Waals surface area contributed by atoms with E-state index in [9.17, 15) is 0 Å². The molecule has 0 fully saturated rings. The SMILES string of the molecule is CCNC(CC1CCOc2ccccc21)c1ccc(C)o1. The average molecular weight is 285 g/mol. The van der Waals surface area contributed by atoms with Gasteiger partial charge in [0.05, 0.1) is 12.6 Å². The maximum Gasteiger partial charge on any atom is 0.122 e. The van der Waals surface area contributed by atoms with Crippen molar-refractivity contribution in [2.45, 2.75) is 38.6 Å². The van der Waals surface area contributed by atoms with Crippen molar-refractivity contribution < 1.29 is 9.15 Å². The van der Waals surface area contributed by atoms with Crippen LogP contribution >= 0.6 is 0 Å². The predicted molar refractivity (Wildman–Crippen MR) is 83.8 cm³/mol. The number of hydrogen-bond donors (Lipinski definition) is 1. The minimum absolute atomic E-state index is 0.264. The zero-order chi connectivity index (χ0) is 14.7. The summed E-state index contributed by atoms with van der Waals surface area (Å²) < 4.78 is 11.6. The first-order chi connectivity index (χ1) is 10.3. The molecule has 0 aliphatic carbocycles. The van der Waals surface area contributed by atoms with Gasteiger partial charge in [-0.2, -0.15) is 0 Å². The van der Waals surface area contributed by atoms with Crippen LogP contribution in [0.25, 0.3) is 0 Å². The third kappa shape index (κ3) is 3.13. The molecule has 1 aromatic carbocycles. The van der Waals surface area contributed by atoms with Crippen molar-refractivity contribution in [3.05, 3.63) is 53.5 Å². The van der Waals surface area contributed by atoms with Gasteiger partial charge in [0.25, 0.3) is 0 Å². The Balaban J connectivity index is 1.80. The summed E-state index contributed by atoms with van der Waals surface area (Å²) in [7, 11) is 0. The molecular weight excluding hydrogens is 262 g/mol. The molecule has 2 unspecified atom stereocenters. The number of hydrogen-bond acceptors (Lipinski definition) is 3. The van der Waals surface area contributed by atoms with Gasteiger partial charge in [0.15, 0.2) is 0 Å². The lowest BCUT2D eigenvalue weighted by molar-refractivity contribution is 0.250. The number of benzene rings is 1. The van der Waals surface area contributed by atoms with Crippen molar-refractivity contribution in [1.82, 2.24) is 5.32 Å². The molecule has 3 nitrogen and oxygen atoms in total. The number of aryl methyl sites for hydroxylation is 1. The largest absolute Gasteiger partial charge is 0.493 e. The van der Waals surface area contributed by atoms with E-state index in [0.717, 1.165) is 43.3 Å². The van der Waals surface area contributed by atoms with Crippen LogP contribution in [0.4, 0.5) is 0 Å². The van der Waals surface area contributed by atoms with Gasteiger partial charge in [-0.3, -0.25) is 0 Å². The Kier molecular flexibility index (Phi) is 4.30. The lowest BCUT2D eigenvalue weighted by Crippen LogP contribution is -2.24. The van der Waals surface area contributed by atoms with E-state index in [0.29, 0.717) is 5.92 Å². The molecule has 0 saturated carbocycles. The lowest BCUT2D eigenvalue weighted by Gasteiger charge is -2.28. The minimum Gasteiger partial charge on any atom is -0.493 e. The molecule has 112 valence electrons. The fourth-order valence-electron chi connectivity index (χ4n) is 3.13. The maximum absolute atomic E-state index is 5.83. The fourth-order valence-corrected chi connectivity index (χ4v) is 3.13. The number of fused-ring (bicyclic) bond motifs is 1. The van der Waals surface area contributed by atoms with Crippen molar-refractivity contribution >= 4 is 0 Å². The molecule has 3 rings (SSSR count). The molecule has 2 atom stereocenters. The summed E-state index contributed by atoms with van der Waals surface area (Å²) in [5, 5.41) is 3.56. The van der Waals surface area contributed by atoms with Gasteiger partial charge in [0.2, 0.25) is 0 Å². The Morgan fingerprint density at radius 2 is 2.10 bits per heavy atom. The van der Waals surface area contributed by atoms with Crippen molar-refractivity contribution in [1.29, 1.82) is 0 Å². The van der Waals surface area contributed by atoms with Gasteiger partial charge in [-0.1, -0.05) is 25.1 Å². The lowest BCUT2D eigenvalue weighted by atomic mass is 9.87. The zero-order valence-corrected chi connectivity index (χ0v) is 12.8. The van der Waals surface area contributed by atoms with Gasteiger partial charge in [-0.25, -0.2) is 0 Å². The monoisotopic (exact) mass is 285 g/mol. The van der Waals surface area contributed by atoms with Crippen molar-refractivity contribution in [2.24, 2.45) is 0 Å². The van der Waals surface area contributed by atoms with Crippen LogP contribution in [-0.4, -0.2) is 13.2 Å². The molecule has 21 heavy (non-hydrogen) atoms. The topological polar surface area (TPSA) is 34.4 Å². The van der Waals surface area contributed by atoms with E-state index in [2.05, 4.69) is 36.5 Å². The number of rotatable bonds is 5. The normalized spacial score (nSPS) is 18.9. The van der Waals surface area contributed by atoms with Gasteiger partial charge in [0.1, 0.15) is 17.3 Å². The summed E-state index contributed by atoms with van der Waals surface area (Å²) >= 11 is 0. The highest BCUT2D eigenvalue weighted by atomic mass is 16.5. The molecule has 1 aliphatic rings. The summed E-state index contributed by atoms with van der Waals surface area (Å²) in [5.41, 5.74) is 1.33. The summed E-state index contributed by atoms with van der Waals surface area (Å²) in [5.74, 6) is 3.57. The van der Waals surface area contributed by atoms with Gasteiger partial charge in [0, 0.05) is 0 Å². The van der Waals surface area contributed by atoms with Crippen LogP contribution < -0.4 is 10.1 Å². The van der Waals surface area contributed by atoms with Crippen LogP contribution in [0.5, 0.6) is 5.75 Å². The van der Waals surface area contributed by atoms with Gasteiger partial charge < -0.3 is 14.5 Å². The highest BCUT2D eigenvalue weighted by Crippen LogP contribution is 2.39. The fraction of sp³-hybridized carbons (Fsp3) is 0.444. The van der Waals surface area contributed by atoms with E-state index in [1.807, 2.05) is 19.1 Å². The minimum atomic E-state index is 0.264. The smallest absolute Gasteiger partial charge is 0.122 e. The molecule has 1 N–H and O–H groups in total. The number of furan rings is 1. The number of nitrogens with one attached hydrogen (secondary N) is 1. The molecular formula is C18H23NO2. The molecule has 0 amide bonds. The van der Waals surface area contributed by atoms with Crippen LogP contribution in [0.3, 0.4) is 0 Å². The molecule has 0 radical (unpaired) electrons. The number of para-hydroxylation sites is 1. The van der Waals surface area contributed by atoms with Crippen LogP contribution in [-0.2, 0) is 0 Å². The van der Waals surface area contributed by atoms with E-state index < -0.39 is 0 Å². The van der Waals surface area contributed by atoms with Gasteiger partial charge in [-0.05, 0) is 56.0 Å². The van der Waals surface area contributed by atoms with Gasteiger partial charge >= 0.3 is 0 Å². The van der Waals surface area contributed by atoms with Crippen LogP contribution in [0.2, 0.25) is 0 Å². The maximum atomic E-state index is 5.83. The molecule has 0 saturated heterocycles. The Morgan fingerprint density at radius 1 is 1.24 bits per heavy atom. The first-order valence-electron chi connectivity index (χ1n) is 7.79. The zero-order valence-electron chi connectivity index (χ0n) is 12.8. The van der Waals surface area contributed by atoms with Crippen molar-refractivity contribution in [3.8, 4) is 5.75 Å². The van der Waals surface area contributed by atoms with E-state index in [1.54, 1.807) is 0 Å². The second-order valence-corrected chi connectivity index (χ2v) is 5.67. The first kappa shape index (κ1) is 14.2. The van der Waals surface area contributed by atoms with Crippen LogP contribution in [0.1, 0.15) is 48.8 Å². The predicted octanol–water partition coefficient (Wildman–Crippen LogP) is 4.20. The summed E-state index contributed by atoms with van der Waals surface area (Å²) in [6, 6.07) is 12.8. The summed E-state index contributed by atoms with van der Waals surface area (Å²) in [4.78, 5) is 0. The summed E-state index contributed by atoms with van der Waals surface area (Å²) in [6.45, 7) is 5.88.